The number of carbonyl (C=O) groups is 2. The van der Waals surface area contributed by atoms with Crippen LogP contribution in [0.1, 0.15) is 27.8 Å². The lowest BCUT2D eigenvalue weighted by Gasteiger charge is -2.07. The fraction of sp³-hybridized carbons (Fsp3) is 0.250. The van der Waals surface area contributed by atoms with Crippen molar-refractivity contribution in [3.63, 3.8) is 0 Å². The second kappa shape index (κ2) is 8.47. The summed E-state index contributed by atoms with van der Waals surface area (Å²) in [5.74, 6) is -0.173. The van der Waals surface area contributed by atoms with E-state index in [4.69, 9.17) is 4.74 Å². The van der Waals surface area contributed by atoms with Crippen LogP contribution in [0.15, 0.2) is 42.7 Å². The van der Waals surface area contributed by atoms with Gasteiger partial charge in [0.05, 0.1) is 6.61 Å². The van der Waals surface area contributed by atoms with Gasteiger partial charge in [-0.15, -0.1) is 0 Å². The van der Waals surface area contributed by atoms with Crippen LogP contribution in [-0.2, 0) is 0 Å². The summed E-state index contributed by atoms with van der Waals surface area (Å²) in [6, 6.07) is 10.4. The molecule has 0 fully saturated rings. The van der Waals surface area contributed by atoms with Crippen LogP contribution in [-0.4, -0.2) is 41.5 Å². The normalized spacial score (nSPS) is 9.96. The van der Waals surface area contributed by atoms with Gasteiger partial charge >= 0.3 is 0 Å². The lowest BCUT2D eigenvalue weighted by molar-refractivity contribution is 0.0924. The maximum atomic E-state index is 11.9. The highest BCUT2D eigenvalue weighted by Crippen LogP contribution is 2.06. The van der Waals surface area contributed by atoms with E-state index in [0.29, 0.717) is 31.1 Å². The van der Waals surface area contributed by atoms with Gasteiger partial charge in [-0.3, -0.25) is 9.59 Å². The Bertz CT molecular complexity index is 661. The molecule has 2 aromatic rings. The molecule has 0 saturated heterocycles. The average Bonchev–Trinajstić information content (AvgIpc) is 2.59. The predicted octanol–water partition coefficient (Wildman–Crippen LogP) is 1.04. The molecule has 0 aliphatic rings. The largest absolute Gasteiger partial charge is 0.478 e. The van der Waals surface area contributed by atoms with Crippen LogP contribution < -0.4 is 15.4 Å². The van der Waals surface area contributed by atoms with Crippen molar-refractivity contribution in [3.8, 4) is 5.88 Å². The first kappa shape index (κ1) is 16.4. The Labute approximate surface area is 134 Å². The average molecular weight is 314 g/mol. The number of rotatable bonds is 7. The number of hydrogen-bond acceptors (Lipinski definition) is 5. The first-order chi connectivity index (χ1) is 11.2. The fourth-order valence-corrected chi connectivity index (χ4v) is 1.82. The van der Waals surface area contributed by atoms with Gasteiger partial charge in [0.2, 0.25) is 5.88 Å². The number of nitrogens with zero attached hydrogens (tertiary/aromatic N) is 2. The van der Waals surface area contributed by atoms with E-state index in [1.165, 1.54) is 12.4 Å². The third kappa shape index (κ3) is 5.06. The predicted molar refractivity (Wildman–Crippen MR) is 84.3 cm³/mol. The Balaban J connectivity index is 1.77. The van der Waals surface area contributed by atoms with Crippen LogP contribution in [0, 0.1) is 0 Å². The molecule has 0 aliphatic carbocycles. The lowest BCUT2D eigenvalue weighted by Crippen LogP contribution is -2.35. The van der Waals surface area contributed by atoms with Crippen molar-refractivity contribution >= 4 is 11.8 Å². The summed E-state index contributed by atoms with van der Waals surface area (Å²) in [4.78, 5) is 31.5. The molecule has 2 amide bonds. The molecule has 1 aromatic heterocycles. The first-order valence-corrected chi connectivity index (χ1v) is 7.27. The molecule has 120 valence electrons. The molecule has 2 rings (SSSR count). The topological polar surface area (TPSA) is 93.2 Å². The van der Waals surface area contributed by atoms with Crippen LogP contribution in [0.3, 0.4) is 0 Å². The summed E-state index contributed by atoms with van der Waals surface area (Å²) < 4.78 is 5.21. The number of aromatic nitrogens is 2. The number of amides is 2. The molecule has 1 aromatic carbocycles. The number of benzene rings is 1. The Morgan fingerprint density at radius 1 is 1.04 bits per heavy atom. The lowest BCUT2D eigenvalue weighted by atomic mass is 10.2. The van der Waals surface area contributed by atoms with Crippen molar-refractivity contribution in [2.45, 2.75) is 6.92 Å². The van der Waals surface area contributed by atoms with Crippen molar-refractivity contribution < 1.29 is 14.3 Å². The Kier molecular flexibility index (Phi) is 6.05. The van der Waals surface area contributed by atoms with E-state index in [1.807, 2.05) is 13.0 Å². The second-order valence-electron chi connectivity index (χ2n) is 4.55. The molecular weight excluding hydrogens is 296 g/mol. The van der Waals surface area contributed by atoms with E-state index in [-0.39, 0.29) is 17.5 Å². The van der Waals surface area contributed by atoms with Crippen LogP contribution in [0.4, 0.5) is 0 Å². The molecule has 7 nitrogen and oxygen atoms in total. The quantitative estimate of drug-likeness (QED) is 0.745. The fourth-order valence-electron chi connectivity index (χ4n) is 1.82. The minimum Gasteiger partial charge on any atom is -0.478 e. The molecule has 2 N–H and O–H groups in total. The molecule has 1 heterocycles. The Morgan fingerprint density at radius 2 is 1.74 bits per heavy atom. The smallest absolute Gasteiger partial charge is 0.270 e. The third-order valence-corrected chi connectivity index (χ3v) is 2.90. The second-order valence-corrected chi connectivity index (χ2v) is 4.55. The van der Waals surface area contributed by atoms with Crippen molar-refractivity contribution in [2.75, 3.05) is 19.7 Å². The Morgan fingerprint density at radius 3 is 2.43 bits per heavy atom. The first-order valence-electron chi connectivity index (χ1n) is 7.27. The Hall–Kier alpha value is -2.96. The van der Waals surface area contributed by atoms with Crippen LogP contribution in [0.2, 0.25) is 0 Å². The molecule has 23 heavy (non-hydrogen) atoms. The monoisotopic (exact) mass is 314 g/mol. The third-order valence-electron chi connectivity index (χ3n) is 2.90. The molecule has 0 bridgehead atoms. The van der Waals surface area contributed by atoms with Crippen molar-refractivity contribution in [2.24, 2.45) is 0 Å². The van der Waals surface area contributed by atoms with Crippen LogP contribution in [0.25, 0.3) is 0 Å². The van der Waals surface area contributed by atoms with Crippen molar-refractivity contribution in [3.05, 3.63) is 54.0 Å². The van der Waals surface area contributed by atoms with E-state index in [0.717, 1.165) is 0 Å². The number of carbonyl (C=O) groups excluding carboxylic acids is 2. The van der Waals surface area contributed by atoms with E-state index in [9.17, 15) is 9.59 Å². The maximum Gasteiger partial charge on any atom is 0.270 e. The van der Waals surface area contributed by atoms with E-state index in [1.54, 1.807) is 24.3 Å². The van der Waals surface area contributed by atoms with E-state index >= 15 is 0 Å². The molecule has 0 unspecified atom stereocenters. The van der Waals surface area contributed by atoms with Crippen molar-refractivity contribution in [1.29, 1.82) is 0 Å². The van der Waals surface area contributed by atoms with E-state index in [2.05, 4.69) is 20.6 Å². The molecule has 0 atom stereocenters. The van der Waals surface area contributed by atoms with Gasteiger partial charge in [-0.25, -0.2) is 9.97 Å². The van der Waals surface area contributed by atoms with Gasteiger partial charge in [0.15, 0.2) is 0 Å². The van der Waals surface area contributed by atoms with Gasteiger partial charge in [0.1, 0.15) is 12.0 Å². The summed E-state index contributed by atoms with van der Waals surface area (Å²) in [6.45, 7) is 2.91. The molecule has 7 heteroatoms. The number of hydrogen-bond donors (Lipinski definition) is 2. The van der Waals surface area contributed by atoms with Gasteiger partial charge < -0.3 is 15.4 Å². The summed E-state index contributed by atoms with van der Waals surface area (Å²) in [6.07, 6.45) is 1.27. The standard InChI is InChI=1S/C16H18N4O3/c1-2-23-14-10-13(19-11-20-14)16(22)18-9-8-17-15(21)12-6-4-3-5-7-12/h3-7,10-11H,2,8-9H2,1H3,(H,17,21)(H,18,22). The molecule has 0 aliphatic heterocycles. The van der Waals surface area contributed by atoms with Gasteiger partial charge in [-0.2, -0.15) is 0 Å². The van der Waals surface area contributed by atoms with Gasteiger partial charge in [0.25, 0.3) is 11.8 Å². The SMILES string of the molecule is CCOc1cc(C(=O)NCCNC(=O)c2ccccc2)ncn1. The van der Waals surface area contributed by atoms with Gasteiger partial charge in [-0.1, -0.05) is 18.2 Å². The molecular formula is C16H18N4O3. The zero-order valence-corrected chi connectivity index (χ0v) is 12.8. The highest BCUT2D eigenvalue weighted by Gasteiger charge is 2.09. The number of nitrogens with one attached hydrogen (secondary N) is 2. The van der Waals surface area contributed by atoms with Crippen LogP contribution >= 0.6 is 0 Å². The zero-order chi connectivity index (χ0) is 16.5. The molecule has 0 saturated carbocycles. The summed E-state index contributed by atoms with van der Waals surface area (Å²) in [7, 11) is 0. The highest BCUT2D eigenvalue weighted by atomic mass is 16.5. The van der Waals surface area contributed by atoms with E-state index < -0.39 is 0 Å². The molecule has 0 radical (unpaired) electrons. The van der Waals surface area contributed by atoms with Gasteiger partial charge in [-0.05, 0) is 19.1 Å². The minimum absolute atomic E-state index is 0.180. The van der Waals surface area contributed by atoms with Gasteiger partial charge in [0, 0.05) is 24.7 Å². The summed E-state index contributed by atoms with van der Waals surface area (Å²) in [5, 5.41) is 5.40. The maximum absolute atomic E-state index is 11.9. The number of ether oxygens (including phenoxy) is 1. The van der Waals surface area contributed by atoms with Crippen LogP contribution in [0.5, 0.6) is 5.88 Å². The highest BCUT2D eigenvalue weighted by molar-refractivity contribution is 5.94. The minimum atomic E-state index is -0.345. The zero-order valence-electron chi connectivity index (χ0n) is 12.8. The molecule has 0 spiro atoms. The van der Waals surface area contributed by atoms with Crippen molar-refractivity contribution in [1.82, 2.24) is 20.6 Å². The summed E-state index contributed by atoms with van der Waals surface area (Å²) in [5.41, 5.74) is 0.800. The summed E-state index contributed by atoms with van der Waals surface area (Å²) >= 11 is 0.